The predicted molar refractivity (Wildman–Crippen MR) is 67.4 cm³/mol. The molecule has 0 aliphatic heterocycles. The van der Waals surface area contributed by atoms with Crippen molar-refractivity contribution >= 4 is 11.8 Å². The van der Waals surface area contributed by atoms with Gasteiger partial charge in [0.2, 0.25) is 0 Å². The van der Waals surface area contributed by atoms with Crippen molar-refractivity contribution in [2.75, 3.05) is 0 Å². The summed E-state index contributed by atoms with van der Waals surface area (Å²) in [5.74, 6) is 0.230. The van der Waals surface area contributed by atoms with Gasteiger partial charge < -0.3 is 9.26 Å². The summed E-state index contributed by atoms with van der Waals surface area (Å²) in [5, 5.41) is 3.70. The SMILES string of the molecule is CC(=O)c1ccc(OC(=O)c2c(C)noc2C)cc1. The standard InChI is InChI=1S/C14H13NO4/c1-8-13(10(3)19-15-8)14(17)18-12-6-4-11(5-7-12)9(2)16/h4-7H,1-3H3. The van der Waals surface area contributed by atoms with Crippen LogP contribution in [0, 0.1) is 13.8 Å². The van der Waals surface area contributed by atoms with Crippen LogP contribution in [0.1, 0.15) is 39.1 Å². The summed E-state index contributed by atoms with van der Waals surface area (Å²) in [4.78, 5) is 23.1. The number of aryl methyl sites for hydroxylation is 2. The van der Waals surface area contributed by atoms with Gasteiger partial charge in [-0.2, -0.15) is 0 Å². The maximum absolute atomic E-state index is 11.9. The Kier molecular flexibility index (Phi) is 3.46. The first-order valence-corrected chi connectivity index (χ1v) is 5.75. The second-order valence-electron chi connectivity index (χ2n) is 4.17. The Balaban J connectivity index is 2.17. The van der Waals surface area contributed by atoms with Gasteiger partial charge in [-0.15, -0.1) is 0 Å². The fourth-order valence-corrected chi connectivity index (χ4v) is 1.69. The molecule has 0 amide bonds. The zero-order valence-corrected chi connectivity index (χ0v) is 10.9. The molecule has 1 heterocycles. The maximum atomic E-state index is 11.9. The van der Waals surface area contributed by atoms with Crippen molar-refractivity contribution in [2.24, 2.45) is 0 Å². The third kappa shape index (κ3) is 2.70. The van der Waals surface area contributed by atoms with Gasteiger partial charge in [0.1, 0.15) is 17.1 Å². The van der Waals surface area contributed by atoms with Crippen LogP contribution >= 0.6 is 0 Å². The van der Waals surface area contributed by atoms with Crippen LogP contribution in [0.5, 0.6) is 5.75 Å². The first-order valence-electron chi connectivity index (χ1n) is 5.75. The van der Waals surface area contributed by atoms with Crippen molar-refractivity contribution in [3.05, 3.63) is 46.8 Å². The highest BCUT2D eigenvalue weighted by Crippen LogP contribution is 2.18. The predicted octanol–water partition coefficient (Wildman–Crippen LogP) is 2.71. The molecule has 1 aromatic heterocycles. The van der Waals surface area contributed by atoms with Gasteiger partial charge in [0.25, 0.3) is 0 Å². The first-order chi connectivity index (χ1) is 8.99. The molecule has 2 rings (SSSR count). The van der Waals surface area contributed by atoms with Gasteiger partial charge in [-0.05, 0) is 45.0 Å². The minimum atomic E-state index is -0.521. The molecule has 0 radical (unpaired) electrons. The van der Waals surface area contributed by atoms with Crippen LogP contribution in [0.3, 0.4) is 0 Å². The molecule has 5 heteroatoms. The summed E-state index contributed by atoms with van der Waals surface area (Å²) in [5.41, 5.74) is 1.38. The van der Waals surface area contributed by atoms with E-state index in [1.54, 1.807) is 38.1 Å². The zero-order valence-electron chi connectivity index (χ0n) is 10.9. The average molecular weight is 259 g/mol. The summed E-state index contributed by atoms with van der Waals surface area (Å²) in [6.07, 6.45) is 0. The van der Waals surface area contributed by atoms with E-state index in [4.69, 9.17) is 9.26 Å². The monoisotopic (exact) mass is 259 g/mol. The van der Waals surface area contributed by atoms with Gasteiger partial charge in [0.05, 0.1) is 5.69 Å². The van der Waals surface area contributed by atoms with Crippen molar-refractivity contribution in [1.29, 1.82) is 0 Å². The minimum absolute atomic E-state index is 0.0383. The summed E-state index contributed by atoms with van der Waals surface area (Å²) in [7, 11) is 0. The summed E-state index contributed by atoms with van der Waals surface area (Å²) in [6, 6.07) is 6.37. The van der Waals surface area contributed by atoms with E-state index in [2.05, 4.69) is 5.16 Å². The second-order valence-corrected chi connectivity index (χ2v) is 4.17. The van der Waals surface area contributed by atoms with Crippen LogP contribution in [0.4, 0.5) is 0 Å². The quantitative estimate of drug-likeness (QED) is 0.481. The molecule has 0 spiro atoms. The minimum Gasteiger partial charge on any atom is -0.423 e. The van der Waals surface area contributed by atoms with Gasteiger partial charge in [-0.1, -0.05) is 5.16 Å². The van der Waals surface area contributed by atoms with Crippen LogP contribution in [0.15, 0.2) is 28.8 Å². The Bertz CT molecular complexity index is 606. The fraction of sp³-hybridized carbons (Fsp3) is 0.214. The van der Waals surface area contributed by atoms with Crippen molar-refractivity contribution in [1.82, 2.24) is 5.16 Å². The molecule has 98 valence electrons. The molecule has 2 aromatic rings. The van der Waals surface area contributed by atoms with E-state index >= 15 is 0 Å². The molecule has 0 aliphatic rings. The van der Waals surface area contributed by atoms with Crippen molar-refractivity contribution in [2.45, 2.75) is 20.8 Å². The largest absolute Gasteiger partial charge is 0.423 e. The molecule has 0 bridgehead atoms. The van der Waals surface area contributed by atoms with Gasteiger partial charge in [-0.25, -0.2) is 4.79 Å². The average Bonchev–Trinajstić information content (AvgIpc) is 2.69. The number of Topliss-reactive ketones (excluding diaryl/α,β-unsaturated/α-hetero) is 1. The maximum Gasteiger partial charge on any atom is 0.349 e. The number of aromatic nitrogens is 1. The third-order valence-corrected chi connectivity index (χ3v) is 2.71. The number of hydrogen-bond donors (Lipinski definition) is 0. The summed E-state index contributed by atoms with van der Waals surface area (Å²) >= 11 is 0. The number of carbonyl (C=O) groups is 2. The fourth-order valence-electron chi connectivity index (χ4n) is 1.69. The van der Waals surface area contributed by atoms with E-state index in [0.29, 0.717) is 28.3 Å². The molecule has 5 nitrogen and oxygen atoms in total. The van der Waals surface area contributed by atoms with Gasteiger partial charge in [0, 0.05) is 5.56 Å². The molecule has 19 heavy (non-hydrogen) atoms. The van der Waals surface area contributed by atoms with Crippen LogP contribution in [-0.2, 0) is 0 Å². The molecule has 0 atom stereocenters. The summed E-state index contributed by atoms with van der Waals surface area (Å²) in [6.45, 7) is 4.80. The number of nitrogens with zero attached hydrogens (tertiary/aromatic N) is 1. The molecule has 1 aromatic carbocycles. The molecule has 0 aliphatic carbocycles. The number of carbonyl (C=O) groups excluding carboxylic acids is 2. The summed E-state index contributed by atoms with van der Waals surface area (Å²) < 4.78 is 10.1. The Morgan fingerprint density at radius 2 is 1.79 bits per heavy atom. The highest BCUT2D eigenvalue weighted by Gasteiger charge is 2.19. The van der Waals surface area contributed by atoms with E-state index in [1.165, 1.54) is 6.92 Å². The lowest BCUT2D eigenvalue weighted by Crippen LogP contribution is -2.10. The number of rotatable bonds is 3. The Labute approximate surface area is 110 Å². The van der Waals surface area contributed by atoms with E-state index in [0.717, 1.165) is 0 Å². The van der Waals surface area contributed by atoms with E-state index in [1.807, 2.05) is 0 Å². The van der Waals surface area contributed by atoms with Crippen molar-refractivity contribution < 1.29 is 18.8 Å². The first kappa shape index (κ1) is 13.0. The Morgan fingerprint density at radius 3 is 2.26 bits per heavy atom. The molecule has 0 fully saturated rings. The smallest absolute Gasteiger partial charge is 0.349 e. The number of benzene rings is 1. The lowest BCUT2D eigenvalue weighted by atomic mass is 10.1. The van der Waals surface area contributed by atoms with Crippen LogP contribution in [0.25, 0.3) is 0 Å². The molecular formula is C14H13NO4. The van der Waals surface area contributed by atoms with Crippen molar-refractivity contribution in [3.63, 3.8) is 0 Å². The van der Waals surface area contributed by atoms with E-state index in [-0.39, 0.29) is 5.78 Å². The third-order valence-electron chi connectivity index (χ3n) is 2.71. The molecule has 0 saturated heterocycles. The van der Waals surface area contributed by atoms with Gasteiger partial charge >= 0.3 is 5.97 Å². The number of ether oxygens (including phenoxy) is 1. The van der Waals surface area contributed by atoms with E-state index in [9.17, 15) is 9.59 Å². The highest BCUT2D eigenvalue weighted by atomic mass is 16.5. The Morgan fingerprint density at radius 1 is 1.16 bits per heavy atom. The molecule has 0 unspecified atom stereocenters. The Hall–Kier alpha value is -2.43. The lowest BCUT2D eigenvalue weighted by Gasteiger charge is -2.04. The molecule has 0 saturated carbocycles. The number of hydrogen-bond acceptors (Lipinski definition) is 5. The topological polar surface area (TPSA) is 69.4 Å². The van der Waals surface area contributed by atoms with Crippen LogP contribution < -0.4 is 4.74 Å². The second kappa shape index (κ2) is 5.06. The van der Waals surface area contributed by atoms with Gasteiger partial charge in [-0.3, -0.25) is 4.79 Å². The highest BCUT2D eigenvalue weighted by molar-refractivity contribution is 5.95. The van der Waals surface area contributed by atoms with Gasteiger partial charge in [0.15, 0.2) is 5.78 Å². The molecular weight excluding hydrogens is 246 g/mol. The number of esters is 1. The molecule has 0 N–H and O–H groups in total. The normalized spacial score (nSPS) is 10.3. The zero-order chi connectivity index (χ0) is 14.0. The van der Waals surface area contributed by atoms with Crippen molar-refractivity contribution in [3.8, 4) is 5.75 Å². The lowest BCUT2D eigenvalue weighted by molar-refractivity contribution is 0.0732. The van der Waals surface area contributed by atoms with E-state index < -0.39 is 5.97 Å². The van der Waals surface area contributed by atoms with Crippen LogP contribution in [-0.4, -0.2) is 16.9 Å². The van der Waals surface area contributed by atoms with Crippen LogP contribution in [0.2, 0.25) is 0 Å². The number of ketones is 1.